The molecule has 1 aliphatic rings. The van der Waals surface area contributed by atoms with E-state index in [1.165, 1.54) is 11.1 Å². The first-order valence-corrected chi connectivity index (χ1v) is 6.28. The number of aryl methyl sites for hydroxylation is 2. The Labute approximate surface area is 103 Å². The van der Waals surface area contributed by atoms with Crippen molar-refractivity contribution < 1.29 is 4.79 Å². The minimum Gasteiger partial charge on any atom is -0.373 e. The molecule has 0 aliphatic carbocycles. The molecule has 1 heterocycles. The largest absolute Gasteiger partial charge is 0.373 e. The highest BCUT2D eigenvalue weighted by Gasteiger charge is 2.20. The molecule has 0 aromatic heterocycles. The van der Waals surface area contributed by atoms with Crippen LogP contribution >= 0.6 is 0 Å². The van der Waals surface area contributed by atoms with Crippen molar-refractivity contribution in [2.75, 3.05) is 11.9 Å². The van der Waals surface area contributed by atoms with Gasteiger partial charge in [-0.25, -0.2) is 0 Å². The third-order valence-corrected chi connectivity index (χ3v) is 3.25. The molecular weight excluding hydrogens is 212 g/mol. The van der Waals surface area contributed by atoms with Gasteiger partial charge in [-0.2, -0.15) is 0 Å². The maximum absolute atomic E-state index is 11.8. The van der Waals surface area contributed by atoms with Gasteiger partial charge in [-0.1, -0.05) is 17.7 Å². The minimum absolute atomic E-state index is 0.0843. The minimum atomic E-state index is -0.0843. The maximum Gasteiger partial charge on any atom is 0.242 e. The third-order valence-electron chi connectivity index (χ3n) is 3.25. The summed E-state index contributed by atoms with van der Waals surface area (Å²) < 4.78 is 0. The molecule has 1 amide bonds. The zero-order valence-electron chi connectivity index (χ0n) is 10.5. The van der Waals surface area contributed by atoms with E-state index in [0.717, 1.165) is 31.5 Å². The van der Waals surface area contributed by atoms with Crippen LogP contribution in [0.25, 0.3) is 0 Å². The number of hydrogen-bond acceptors (Lipinski definition) is 2. The van der Waals surface area contributed by atoms with Crippen molar-refractivity contribution in [1.82, 2.24) is 5.32 Å². The fraction of sp³-hybridized carbons (Fsp3) is 0.500. The van der Waals surface area contributed by atoms with Gasteiger partial charge in [0.05, 0.1) is 0 Å². The Morgan fingerprint density at radius 3 is 2.88 bits per heavy atom. The smallest absolute Gasteiger partial charge is 0.242 e. The molecule has 0 radical (unpaired) electrons. The van der Waals surface area contributed by atoms with E-state index in [1.54, 1.807) is 0 Å². The fourth-order valence-corrected chi connectivity index (χ4v) is 2.24. The standard InChI is InChI=1S/C14H20N2O/c1-10-6-7-12(11(2)9-10)16-13-5-3-4-8-15-14(13)17/h6-7,9,13,16H,3-5,8H2,1-2H3,(H,15,17). The third kappa shape index (κ3) is 2.99. The second-order valence-electron chi connectivity index (χ2n) is 4.80. The molecule has 92 valence electrons. The van der Waals surface area contributed by atoms with Crippen LogP contribution in [0.4, 0.5) is 5.69 Å². The topological polar surface area (TPSA) is 41.1 Å². The van der Waals surface area contributed by atoms with Crippen molar-refractivity contribution in [3.8, 4) is 0 Å². The van der Waals surface area contributed by atoms with E-state index in [1.807, 2.05) is 0 Å². The molecule has 17 heavy (non-hydrogen) atoms. The Kier molecular flexibility index (Phi) is 3.67. The Morgan fingerprint density at radius 1 is 1.29 bits per heavy atom. The summed E-state index contributed by atoms with van der Waals surface area (Å²) in [6.45, 7) is 4.96. The van der Waals surface area contributed by atoms with Crippen molar-refractivity contribution in [2.45, 2.75) is 39.2 Å². The summed E-state index contributed by atoms with van der Waals surface area (Å²) in [5.41, 5.74) is 3.51. The molecular formula is C14H20N2O. The molecule has 1 fully saturated rings. The summed E-state index contributed by atoms with van der Waals surface area (Å²) in [5.74, 6) is 0.127. The summed E-state index contributed by atoms with van der Waals surface area (Å²) in [7, 11) is 0. The van der Waals surface area contributed by atoms with E-state index in [2.05, 4.69) is 42.7 Å². The molecule has 2 N–H and O–H groups in total. The molecule has 1 aliphatic heterocycles. The number of rotatable bonds is 2. The van der Waals surface area contributed by atoms with Gasteiger partial charge in [0.1, 0.15) is 6.04 Å². The molecule has 3 heteroatoms. The Balaban J connectivity index is 2.10. The lowest BCUT2D eigenvalue weighted by Gasteiger charge is -2.18. The van der Waals surface area contributed by atoms with Crippen molar-refractivity contribution >= 4 is 11.6 Å². The van der Waals surface area contributed by atoms with Crippen LogP contribution in [0.5, 0.6) is 0 Å². The van der Waals surface area contributed by atoms with Gasteiger partial charge in [0.2, 0.25) is 5.91 Å². The second kappa shape index (κ2) is 5.21. The average molecular weight is 232 g/mol. The van der Waals surface area contributed by atoms with E-state index >= 15 is 0 Å². The van der Waals surface area contributed by atoms with Crippen LogP contribution in [0.1, 0.15) is 30.4 Å². The number of benzene rings is 1. The van der Waals surface area contributed by atoms with Crippen LogP contribution in [-0.2, 0) is 4.79 Å². The summed E-state index contributed by atoms with van der Waals surface area (Å²) in [5, 5.41) is 6.30. The summed E-state index contributed by atoms with van der Waals surface area (Å²) in [4.78, 5) is 11.8. The summed E-state index contributed by atoms with van der Waals surface area (Å²) in [6, 6.07) is 6.18. The highest BCUT2D eigenvalue weighted by molar-refractivity contribution is 5.85. The number of anilines is 1. The lowest BCUT2D eigenvalue weighted by atomic mass is 10.1. The van der Waals surface area contributed by atoms with Gasteiger partial charge >= 0.3 is 0 Å². The van der Waals surface area contributed by atoms with E-state index in [0.29, 0.717) is 0 Å². The fourth-order valence-electron chi connectivity index (χ4n) is 2.24. The van der Waals surface area contributed by atoms with E-state index < -0.39 is 0 Å². The van der Waals surface area contributed by atoms with Crippen LogP contribution in [0.3, 0.4) is 0 Å². The monoisotopic (exact) mass is 232 g/mol. The molecule has 0 spiro atoms. The number of carbonyl (C=O) groups is 1. The molecule has 1 atom stereocenters. The molecule has 1 aromatic carbocycles. The molecule has 1 saturated heterocycles. The average Bonchev–Trinajstić information content (AvgIpc) is 2.48. The van der Waals surface area contributed by atoms with E-state index in [9.17, 15) is 4.79 Å². The SMILES string of the molecule is Cc1ccc(NC2CCCCNC2=O)c(C)c1. The van der Waals surface area contributed by atoms with Gasteiger partial charge in [0.25, 0.3) is 0 Å². The number of carbonyl (C=O) groups excluding carboxylic acids is 1. The molecule has 0 saturated carbocycles. The molecule has 2 rings (SSSR count). The predicted octanol–water partition coefficient (Wildman–Crippen LogP) is 2.38. The van der Waals surface area contributed by atoms with Gasteiger partial charge in [-0.05, 0) is 44.7 Å². The first-order chi connectivity index (χ1) is 8.16. The van der Waals surface area contributed by atoms with Crippen molar-refractivity contribution in [2.24, 2.45) is 0 Å². The van der Waals surface area contributed by atoms with Crippen LogP contribution in [-0.4, -0.2) is 18.5 Å². The van der Waals surface area contributed by atoms with Crippen molar-refractivity contribution in [3.05, 3.63) is 29.3 Å². The van der Waals surface area contributed by atoms with Gasteiger partial charge in [0, 0.05) is 12.2 Å². The van der Waals surface area contributed by atoms with Gasteiger partial charge in [-0.15, -0.1) is 0 Å². The van der Waals surface area contributed by atoms with Crippen molar-refractivity contribution in [1.29, 1.82) is 0 Å². The maximum atomic E-state index is 11.8. The normalized spacial score (nSPS) is 20.6. The second-order valence-corrected chi connectivity index (χ2v) is 4.80. The van der Waals surface area contributed by atoms with Crippen LogP contribution < -0.4 is 10.6 Å². The van der Waals surface area contributed by atoms with Gasteiger partial charge in [-0.3, -0.25) is 4.79 Å². The number of hydrogen-bond donors (Lipinski definition) is 2. The zero-order valence-corrected chi connectivity index (χ0v) is 10.5. The Morgan fingerprint density at radius 2 is 2.12 bits per heavy atom. The molecule has 0 bridgehead atoms. The summed E-state index contributed by atoms with van der Waals surface area (Å²) >= 11 is 0. The van der Waals surface area contributed by atoms with Gasteiger partial charge < -0.3 is 10.6 Å². The highest BCUT2D eigenvalue weighted by atomic mass is 16.2. The first kappa shape index (κ1) is 12.0. The quantitative estimate of drug-likeness (QED) is 0.822. The van der Waals surface area contributed by atoms with E-state index in [-0.39, 0.29) is 11.9 Å². The Hall–Kier alpha value is -1.51. The molecule has 1 unspecified atom stereocenters. The molecule has 1 aromatic rings. The lowest BCUT2D eigenvalue weighted by molar-refractivity contribution is -0.121. The highest BCUT2D eigenvalue weighted by Crippen LogP contribution is 2.19. The van der Waals surface area contributed by atoms with E-state index in [4.69, 9.17) is 0 Å². The van der Waals surface area contributed by atoms with Crippen LogP contribution in [0, 0.1) is 13.8 Å². The predicted molar refractivity (Wildman–Crippen MR) is 70.2 cm³/mol. The first-order valence-electron chi connectivity index (χ1n) is 6.28. The van der Waals surface area contributed by atoms with Crippen LogP contribution in [0.2, 0.25) is 0 Å². The van der Waals surface area contributed by atoms with Crippen molar-refractivity contribution in [3.63, 3.8) is 0 Å². The lowest BCUT2D eigenvalue weighted by Crippen LogP contribution is -2.38. The summed E-state index contributed by atoms with van der Waals surface area (Å²) in [6.07, 6.45) is 3.09. The molecule has 3 nitrogen and oxygen atoms in total. The Bertz CT molecular complexity index is 415. The van der Waals surface area contributed by atoms with Crippen LogP contribution in [0.15, 0.2) is 18.2 Å². The van der Waals surface area contributed by atoms with Gasteiger partial charge in [0.15, 0.2) is 0 Å². The zero-order chi connectivity index (χ0) is 12.3. The number of amides is 1. The number of nitrogens with one attached hydrogen (secondary N) is 2.